The van der Waals surface area contributed by atoms with Crippen LogP contribution in [0.1, 0.15) is 37.3 Å². The molecule has 1 aliphatic rings. The smallest absolute Gasteiger partial charge is 0.0121 e. The van der Waals surface area contributed by atoms with E-state index in [1.165, 1.54) is 17.5 Å². The molecule has 1 fully saturated rings. The Balaban J connectivity index is 1.79. The van der Waals surface area contributed by atoms with E-state index >= 15 is 0 Å². The third-order valence-corrected chi connectivity index (χ3v) is 4.51. The topological polar surface area (TPSA) is 12.0 Å². The average molecular weight is 279 g/mol. The summed E-state index contributed by atoms with van der Waals surface area (Å²) in [6, 6.07) is 22.6. The lowest BCUT2D eigenvalue weighted by Gasteiger charge is -2.19. The predicted octanol–water partition coefficient (Wildman–Crippen LogP) is 4.45. The van der Waals surface area contributed by atoms with Crippen LogP contribution in [0.15, 0.2) is 60.7 Å². The minimum atomic E-state index is 0.548. The number of hydrogen-bond donors (Lipinski definition) is 1. The van der Waals surface area contributed by atoms with Crippen LogP contribution in [0.25, 0.3) is 0 Å². The van der Waals surface area contributed by atoms with Gasteiger partial charge in [-0.15, -0.1) is 0 Å². The lowest BCUT2D eigenvalue weighted by molar-refractivity contribution is 0.524. The second-order valence-corrected chi connectivity index (χ2v) is 6.52. The van der Waals surface area contributed by atoms with Crippen LogP contribution >= 0.6 is 0 Å². The van der Waals surface area contributed by atoms with Crippen LogP contribution in [0.4, 0.5) is 0 Å². The normalized spacial score (nSPS) is 21.0. The predicted molar refractivity (Wildman–Crippen MR) is 89.5 cm³/mol. The van der Waals surface area contributed by atoms with Gasteiger partial charge >= 0.3 is 0 Å². The van der Waals surface area contributed by atoms with Gasteiger partial charge in [0.05, 0.1) is 0 Å². The molecule has 0 spiro atoms. The van der Waals surface area contributed by atoms with Gasteiger partial charge in [-0.05, 0) is 35.9 Å². The molecular formula is C20H25N. The lowest BCUT2D eigenvalue weighted by atomic mass is 9.86. The van der Waals surface area contributed by atoms with Gasteiger partial charge in [0.25, 0.3) is 0 Å². The van der Waals surface area contributed by atoms with Gasteiger partial charge in [-0.3, -0.25) is 0 Å². The average Bonchev–Trinajstić information content (AvgIpc) is 3.27. The molecule has 0 amide bonds. The van der Waals surface area contributed by atoms with Crippen molar-refractivity contribution in [1.82, 2.24) is 5.32 Å². The molecule has 0 saturated heterocycles. The Morgan fingerprint density at radius 1 is 0.905 bits per heavy atom. The molecule has 0 aliphatic heterocycles. The Hall–Kier alpha value is -1.60. The standard InChI is InChI=1S/C20H25N/c1-15(2)21-14-18-13-19(18)20(16-9-5-3-6-10-16)17-11-7-4-8-12-17/h3-12,15,18-21H,13-14H2,1-2H3. The maximum Gasteiger partial charge on any atom is 0.0121 e. The molecule has 110 valence electrons. The summed E-state index contributed by atoms with van der Waals surface area (Å²) in [6.45, 7) is 5.60. The van der Waals surface area contributed by atoms with Crippen molar-refractivity contribution in [3.63, 3.8) is 0 Å². The fourth-order valence-corrected chi connectivity index (χ4v) is 3.31. The summed E-state index contributed by atoms with van der Waals surface area (Å²) in [5, 5.41) is 3.60. The highest BCUT2D eigenvalue weighted by Gasteiger charge is 2.43. The number of rotatable bonds is 6. The van der Waals surface area contributed by atoms with Crippen molar-refractivity contribution in [1.29, 1.82) is 0 Å². The van der Waals surface area contributed by atoms with Crippen molar-refractivity contribution in [3.8, 4) is 0 Å². The fraction of sp³-hybridized carbons (Fsp3) is 0.400. The van der Waals surface area contributed by atoms with Crippen LogP contribution in [0.2, 0.25) is 0 Å². The van der Waals surface area contributed by atoms with E-state index in [0.717, 1.165) is 18.4 Å². The molecule has 0 heterocycles. The van der Waals surface area contributed by atoms with E-state index in [9.17, 15) is 0 Å². The zero-order valence-electron chi connectivity index (χ0n) is 13.0. The van der Waals surface area contributed by atoms with E-state index in [4.69, 9.17) is 0 Å². The van der Waals surface area contributed by atoms with Crippen LogP contribution in [-0.4, -0.2) is 12.6 Å². The summed E-state index contributed by atoms with van der Waals surface area (Å²) in [5.74, 6) is 2.14. The second-order valence-electron chi connectivity index (χ2n) is 6.52. The molecule has 1 nitrogen and oxygen atoms in total. The third kappa shape index (κ3) is 3.54. The van der Waals surface area contributed by atoms with Crippen molar-refractivity contribution in [2.45, 2.75) is 32.2 Å². The van der Waals surface area contributed by atoms with Crippen LogP contribution in [0.3, 0.4) is 0 Å². The highest BCUT2D eigenvalue weighted by molar-refractivity contribution is 5.35. The highest BCUT2D eigenvalue weighted by atomic mass is 14.9. The summed E-state index contributed by atoms with van der Waals surface area (Å²) >= 11 is 0. The Labute approximate surface area is 128 Å². The van der Waals surface area contributed by atoms with Gasteiger partial charge < -0.3 is 5.32 Å². The first kappa shape index (κ1) is 14.3. The van der Waals surface area contributed by atoms with Gasteiger partial charge in [0.1, 0.15) is 0 Å². The van der Waals surface area contributed by atoms with E-state index in [1.807, 2.05) is 0 Å². The highest BCUT2D eigenvalue weighted by Crippen LogP contribution is 2.51. The van der Waals surface area contributed by atoms with Crippen LogP contribution < -0.4 is 5.32 Å². The molecular weight excluding hydrogens is 254 g/mol. The van der Waals surface area contributed by atoms with Gasteiger partial charge in [0.15, 0.2) is 0 Å². The molecule has 3 rings (SSSR count). The second kappa shape index (κ2) is 6.44. The summed E-state index contributed by atoms with van der Waals surface area (Å²) < 4.78 is 0. The molecule has 2 atom stereocenters. The molecule has 1 aliphatic carbocycles. The molecule has 2 unspecified atom stereocenters. The molecule has 21 heavy (non-hydrogen) atoms. The van der Waals surface area contributed by atoms with Gasteiger partial charge in [-0.2, -0.15) is 0 Å². The zero-order valence-corrected chi connectivity index (χ0v) is 13.0. The van der Waals surface area contributed by atoms with Crippen molar-refractivity contribution in [2.75, 3.05) is 6.54 Å². The number of benzene rings is 2. The van der Waals surface area contributed by atoms with Crippen molar-refractivity contribution < 1.29 is 0 Å². The largest absolute Gasteiger partial charge is 0.314 e. The molecule has 0 bridgehead atoms. The maximum atomic E-state index is 3.60. The monoisotopic (exact) mass is 279 g/mol. The lowest BCUT2D eigenvalue weighted by Crippen LogP contribution is -2.25. The first-order chi connectivity index (χ1) is 10.3. The maximum absolute atomic E-state index is 3.60. The Kier molecular flexibility index (Phi) is 4.40. The first-order valence-corrected chi connectivity index (χ1v) is 8.09. The summed E-state index contributed by atoms with van der Waals surface area (Å²) in [7, 11) is 0. The van der Waals surface area contributed by atoms with Crippen molar-refractivity contribution in [2.24, 2.45) is 11.8 Å². The van der Waals surface area contributed by atoms with E-state index in [1.54, 1.807) is 0 Å². The van der Waals surface area contributed by atoms with E-state index < -0.39 is 0 Å². The van der Waals surface area contributed by atoms with Crippen LogP contribution in [0, 0.1) is 11.8 Å². The molecule has 1 N–H and O–H groups in total. The molecule has 0 radical (unpaired) electrons. The Morgan fingerprint density at radius 3 is 1.90 bits per heavy atom. The first-order valence-electron chi connectivity index (χ1n) is 8.09. The quantitative estimate of drug-likeness (QED) is 0.823. The molecule has 2 aromatic carbocycles. The van der Waals surface area contributed by atoms with Gasteiger partial charge in [0.2, 0.25) is 0 Å². The van der Waals surface area contributed by atoms with Gasteiger partial charge in [-0.25, -0.2) is 0 Å². The number of nitrogens with one attached hydrogen (secondary N) is 1. The molecule has 2 aromatic rings. The van der Waals surface area contributed by atoms with Gasteiger partial charge in [0, 0.05) is 12.0 Å². The molecule has 1 heteroatoms. The Bertz CT molecular complexity index is 507. The SMILES string of the molecule is CC(C)NCC1CC1C(c1ccccc1)c1ccccc1. The van der Waals surface area contributed by atoms with E-state index in [2.05, 4.69) is 79.8 Å². The molecule has 0 aromatic heterocycles. The van der Waals surface area contributed by atoms with Crippen LogP contribution in [-0.2, 0) is 0 Å². The Morgan fingerprint density at radius 2 is 1.43 bits per heavy atom. The summed E-state index contributed by atoms with van der Waals surface area (Å²) in [4.78, 5) is 0. The van der Waals surface area contributed by atoms with Crippen molar-refractivity contribution in [3.05, 3.63) is 71.8 Å². The fourth-order valence-electron chi connectivity index (χ4n) is 3.31. The number of hydrogen-bond acceptors (Lipinski definition) is 1. The van der Waals surface area contributed by atoms with Crippen molar-refractivity contribution >= 4 is 0 Å². The third-order valence-electron chi connectivity index (χ3n) is 4.51. The minimum absolute atomic E-state index is 0.548. The molecule has 1 saturated carbocycles. The van der Waals surface area contributed by atoms with Crippen LogP contribution in [0.5, 0.6) is 0 Å². The summed E-state index contributed by atoms with van der Waals surface area (Å²) in [6.07, 6.45) is 1.34. The zero-order chi connectivity index (χ0) is 14.7. The minimum Gasteiger partial charge on any atom is -0.314 e. The van der Waals surface area contributed by atoms with E-state index in [0.29, 0.717) is 12.0 Å². The summed E-state index contributed by atoms with van der Waals surface area (Å²) in [5.41, 5.74) is 2.92. The van der Waals surface area contributed by atoms with Gasteiger partial charge in [-0.1, -0.05) is 74.5 Å². The van der Waals surface area contributed by atoms with E-state index in [-0.39, 0.29) is 0 Å².